The Balaban J connectivity index is 1.57. The van der Waals surface area contributed by atoms with Gasteiger partial charge in [0.05, 0.1) is 5.59 Å². The van der Waals surface area contributed by atoms with E-state index >= 15 is 0 Å². The third-order valence-corrected chi connectivity index (χ3v) is 11.8. The first-order chi connectivity index (χ1) is 23.9. The van der Waals surface area contributed by atoms with Crippen LogP contribution in [-0.2, 0) is 27.1 Å². The van der Waals surface area contributed by atoms with E-state index in [9.17, 15) is 0 Å². The highest BCUT2D eigenvalue weighted by molar-refractivity contribution is 7.14. The molecule has 2 aliphatic rings. The van der Waals surface area contributed by atoms with Crippen molar-refractivity contribution < 1.29 is 0 Å². The Morgan fingerprint density at radius 1 is 0.481 bits per heavy atom. The number of nitrogens with zero attached hydrogens (tertiary/aromatic N) is 4. The van der Waals surface area contributed by atoms with E-state index in [0.717, 1.165) is 10.6 Å². The average Bonchev–Trinajstić information content (AvgIpc) is 3.51. The molecule has 2 aliphatic heterocycles. The lowest BCUT2D eigenvalue weighted by molar-refractivity contribution is 0.568. The van der Waals surface area contributed by atoms with Gasteiger partial charge in [0.2, 0.25) is 0 Å². The lowest BCUT2D eigenvalue weighted by Gasteiger charge is -2.43. The summed E-state index contributed by atoms with van der Waals surface area (Å²) in [5, 5.41) is 6.09. The maximum atomic E-state index is 4.99. The first-order valence-corrected chi connectivity index (χ1v) is 19.7. The smallest absolute Gasteiger partial charge is 0.279 e. The van der Waals surface area contributed by atoms with E-state index in [2.05, 4.69) is 186 Å². The Kier molecular flexibility index (Phi) is 8.28. The summed E-state index contributed by atoms with van der Waals surface area (Å²) in [6.07, 6.45) is 0. The molecule has 4 nitrogen and oxygen atoms in total. The summed E-state index contributed by atoms with van der Waals surface area (Å²) < 4.78 is 4.69. The van der Waals surface area contributed by atoms with Crippen LogP contribution in [0.4, 0.5) is 33.4 Å². The summed E-state index contributed by atoms with van der Waals surface area (Å²) in [5.74, 6) is 0. The topological polar surface area (TPSA) is 32.3 Å². The molecule has 0 fully saturated rings. The molecular formula is C46H57BN4S. The number of benzene rings is 4. The van der Waals surface area contributed by atoms with E-state index in [1.54, 1.807) is 0 Å². The fourth-order valence-electron chi connectivity index (χ4n) is 7.64. The fourth-order valence-corrected chi connectivity index (χ4v) is 8.38. The zero-order chi connectivity index (χ0) is 37.9. The van der Waals surface area contributed by atoms with E-state index in [-0.39, 0.29) is 33.8 Å². The molecule has 7 rings (SSSR count). The third-order valence-electron chi connectivity index (χ3n) is 11.1. The zero-order valence-electron chi connectivity index (χ0n) is 34.2. The molecule has 6 heteroatoms. The van der Waals surface area contributed by atoms with Gasteiger partial charge in [-0.15, -0.1) is 0 Å². The maximum absolute atomic E-state index is 4.99. The van der Waals surface area contributed by atoms with E-state index in [0.29, 0.717) is 0 Å². The predicted molar refractivity (Wildman–Crippen MR) is 227 cm³/mol. The number of anilines is 6. The summed E-state index contributed by atoms with van der Waals surface area (Å²) in [6.45, 7) is 34.7. The number of fused-ring (bicyclic) bond motifs is 4. The van der Waals surface area contributed by atoms with Gasteiger partial charge >= 0.3 is 0 Å². The van der Waals surface area contributed by atoms with Crippen LogP contribution in [0.2, 0.25) is 0 Å². The van der Waals surface area contributed by atoms with Crippen LogP contribution in [0.25, 0.3) is 0 Å². The predicted octanol–water partition coefficient (Wildman–Crippen LogP) is 11.1. The molecule has 0 amide bonds. The van der Waals surface area contributed by atoms with Crippen molar-refractivity contribution in [1.82, 2.24) is 9.59 Å². The van der Waals surface area contributed by atoms with Gasteiger partial charge in [0.25, 0.3) is 6.71 Å². The van der Waals surface area contributed by atoms with E-state index in [4.69, 9.17) is 9.59 Å². The minimum absolute atomic E-state index is 0.00812. The highest BCUT2D eigenvalue weighted by atomic mass is 32.1. The van der Waals surface area contributed by atoms with Crippen LogP contribution in [0.5, 0.6) is 0 Å². The van der Waals surface area contributed by atoms with Gasteiger partial charge in [0, 0.05) is 40.0 Å². The second-order valence-electron chi connectivity index (χ2n) is 20.3. The molecule has 4 aromatic carbocycles. The van der Waals surface area contributed by atoms with Crippen LogP contribution in [0.3, 0.4) is 0 Å². The van der Waals surface area contributed by atoms with Crippen LogP contribution in [0, 0.1) is 0 Å². The molecule has 0 atom stereocenters. The van der Waals surface area contributed by atoms with Crippen LogP contribution in [0.1, 0.15) is 132 Å². The molecule has 0 unspecified atom stereocenters. The summed E-state index contributed by atoms with van der Waals surface area (Å²) in [7, 11) is 0. The first kappa shape index (κ1) is 36.5. The van der Waals surface area contributed by atoms with Crippen molar-refractivity contribution in [1.29, 1.82) is 0 Å². The van der Waals surface area contributed by atoms with E-state index in [1.165, 1.54) is 78.7 Å². The molecule has 0 aliphatic carbocycles. The first-order valence-electron chi connectivity index (χ1n) is 19.0. The molecule has 270 valence electrons. The second-order valence-corrected chi connectivity index (χ2v) is 21.1. The summed E-state index contributed by atoms with van der Waals surface area (Å²) in [6, 6.07) is 28.5. The van der Waals surface area contributed by atoms with Crippen molar-refractivity contribution in [3.63, 3.8) is 0 Å². The number of hydrogen-bond donors (Lipinski definition) is 0. The van der Waals surface area contributed by atoms with Crippen LogP contribution in [-0.4, -0.2) is 16.3 Å². The number of rotatable bonds is 2. The molecule has 3 heterocycles. The lowest BCUT2D eigenvalue weighted by Crippen LogP contribution is -2.61. The van der Waals surface area contributed by atoms with Crippen molar-refractivity contribution >= 4 is 68.2 Å². The normalized spacial score (nSPS) is 14.7. The highest BCUT2D eigenvalue weighted by Gasteiger charge is 2.46. The Morgan fingerprint density at radius 2 is 0.923 bits per heavy atom. The molecular weight excluding hydrogens is 651 g/mol. The molecule has 0 saturated carbocycles. The Hall–Kier alpha value is -3.90. The van der Waals surface area contributed by atoms with Crippen LogP contribution >= 0.6 is 11.5 Å². The molecule has 5 aromatic rings. The van der Waals surface area contributed by atoms with Crippen molar-refractivity contribution in [2.24, 2.45) is 0 Å². The van der Waals surface area contributed by atoms with Crippen molar-refractivity contribution in [3.8, 4) is 0 Å². The molecule has 0 saturated heterocycles. The van der Waals surface area contributed by atoms with E-state index in [1.807, 2.05) is 0 Å². The molecule has 0 bridgehead atoms. The average molecular weight is 709 g/mol. The van der Waals surface area contributed by atoms with Gasteiger partial charge in [-0.05, 0) is 108 Å². The molecule has 0 N–H and O–H groups in total. The number of hydrogen-bond acceptors (Lipinski definition) is 5. The molecule has 52 heavy (non-hydrogen) atoms. The Labute approximate surface area is 317 Å². The number of aromatic nitrogens is 2. The van der Waals surface area contributed by atoms with Crippen molar-refractivity contribution in [2.75, 3.05) is 9.80 Å². The van der Waals surface area contributed by atoms with Gasteiger partial charge < -0.3 is 9.80 Å². The molecule has 1 aromatic heterocycles. The SMILES string of the molecule is CC(C)(C)c1cc(N2c3ccc(C(C)(C)C)cc3B3c4nnsc4N(c4cc(C(C)(C)C)cc(C(C)(C)C)c4)c4cccc2c43)cc(C(C)(C)C)c1. The molecule has 0 spiro atoms. The lowest BCUT2D eigenvalue weighted by atomic mass is 9.35. The van der Waals surface area contributed by atoms with Crippen molar-refractivity contribution in [3.05, 3.63) is 101 Å². The zero-order valence-corrected chi connectivity index (χ0v) is 35.0. The minimum atomic E-state index is -0.0366. The molecule has 0 radical (unpaired) electrons. The quantitative estimate of drug-likeness (QED) is 0.167. The van der Waals surface area contributed by atoms with Crippen molar-refractivity contribution in [2.45, 2.75) is 131 Å². The Morgan fingerprint density at radius 3 is 1.38 bits per heavy atom. The van der Waals surface area contributed by atoms with Crippen LogP contribution in [0.15, 0.2) is 72.8 Å². The summed E-state index contributed by atoms with van der Waals surface area (Å²) in [5.41, 5.74) is 16.2. The fraction of sp³-hybridized carbons (Fsp3) is 0.435. The van der Waals surface area contributed by atoms with Gasteiger partial charge in [-0.2, -0.15) is 5.10 Å². The van der Waals surface area contributed by atoms with Gasteiger partial charge in [-0.3, -0.25) is 0 Å². The largest absolute Gasteiger partial charge is 0.311 e. The van der Waals surface area contributed by atoms with Crippen LogP contribution < -0.4 is 26.3 Å². The summed E-state index contributed by atoms with van der Waals surface area (Å²) >= 11 is 1.51. The maximum Gasteiger partial charge on any atom is 0.279 e. The minimum Gasteiger partial charge on any atom is -0.311 e. The Bertz CT molecular complexity index is 2130. The summed E-state index contributed by atoms with van der Waals surface area (Å²) in [4.78, 5) is 5.00. The van der Waals surface area contributed by atoms with Gasteiger partial charge in [0.1, 0.15) is 5.00 Å². The second kappa shape index (κ2) is 11.8. The van der Waals surface area contributed by atoms with E-state index < -0.39 is 0 Å². The standard InChI is InChI=1S/C46H57BN4S/c1-42(2,3)28-19-20-36-35(27-28)47-39-37(50(36)33-23-29(43(4,5)6)21-30(24-33)44(7,8)9)17-16-18-38(39)51(41-40(47)48-49-52-41)34-25-31(45(10,11)12)22-32(26-34)46(13,14)15/h16-27H,1-15H3. The van der Waals surface area contributed by atoms with Gasteiger partial charge in [-0.1, -0.05) is 139 Å². The highest BCUT2D eigenvalue weighted by Crippen LogP contribution is 2.47. The third kappa shape index (κ3) is 6.19. The van der Waals surface area contributed by atoms with Gasteiger partial charge in [0.15, 0.2) is 0 Å². The monoisotopic (exact) mass is 708 g/mol. The van der Waals surface area contributed by atoms with Gasteiger partial charge in [-0.25, -0.2) is 0 Å².